The van der Waals surface area contributed by atoms with Crippen LogP contribution in [0.15, 0.2) is 0 Å². The highest BCUT2D eigenvalue weighted by Crippen LogP contribution is 2.32. The lowest BCUT2D eigenvalue weighted by Gasteiger charge is -2.18. The number of benzene rings is 1. The van der Waals surface area contributed by atoms with Gasteiger partial charge in [-0.1, -0.05) is 0 Å². The molecule has 1 aliphatic rings. The zero-order valence-electron chi connectivity index (χ0n) is 10.8. The minimum atomic E-state index is 0.320. The second-order valence-corrected chi connectivity index (χ2v) is 4.72. The van der Waals surface area contributed by atoms with Gasteiger partial charge in [0.2, 0.25) is 0 Å². The first-order valence-electron chi connectivity index (χ1n) is 5.83. The van der Waals surface area contributed by atoms with E-state index in [1.807, 2.05) is 0 Å². The Balaban J connectivity index is 2.34. The molecule has 0 amide bonds. The van der Waals surface area contributed by atoms with Crippen molar-refractivity contribution in [1.29, 1.82) is 0 Å². The van der Waals surface area contributed by atoms with Crippen molar-refractivity contribution in [2.24, 2.45) is 0 Å². The number of hydrogen-bond acceptors (Lipinski definition) is 2. The molecule has 1 heterocycles. The van der Waals surface area contributed by atoms with E-state index in [0.29, 0.717) is 12.7 Å². The fourth-order valence-electron chi connectivity index (χ4n) is 2.02. The molecule has 88 valence electrons. The number of ether oxygens (including phenoxy) is 2. The monoisotopic (exact) mass is 220 g/mol. The Morgan fingerprint density at radius 2 is 1.38 bits per heavy atom. The van der Waals surface area contributed by atoms with Crippen molar-refractivity contribution >= 4 is 0 Å². The summed E-state index contributed by atoms with van der Waals surface area (Å²) < 4.78 is 11.1. The molecule has 0 N–H and O–H groups in total. The van der Waals surface area contributed by atoms with E-state index in [1.54, 1.807) is 0 Å². The van der Waals surface area contributed by atoms with E-state index in [9.17, 15) is 0 Å². The summed E-state index contributed by atoms with van der Waals surface area (Å²) in [5.41, 5.74) is 6.59. The molecule has 1 fully saturated rings. The van der Waals surface area contributed by atoms with E-state index in [-0.39, 0.29) is 0 Å². The number of epoxide rings is 1. The van der Waals surface area contributed by atoms with Gasteiger partial charge in [-0.05, 0) is 62.4 Å². The minimum Gasteiger partial charge on any atom is -0.490 e. The van der Waals surface area contributed by atoms with Crippen LogP contribution < -0.4 is 4.74 Å². The molecule has 0 saturated carbocycles. The average Bonchev–Trinajstić information content (AvgIpc) is 3.07. The molecule has 0 radical (unpaired) electrons. The summed E-state index contributed by atoms with van der Waals surface area (Å²) in [6, 6.07) is 0. The van der Waals surface area contributed by atoms with Crippen molar-refractivity contribution in [3.8, 4) is 5.75 Å². The lowest BCUT2D eigenvalue weighted by atomic mass is 9.94. The first kappa shape index (κ1) is 11.5. The smallest absolute Gasteiger partial charge is 0.125 e. The molecule has 2 rings (SSSR count). The van der Waals surface area contributed by atoms with Gasteiger partial charge >= 0.3 is 0 Å². The molecule has 1 unspecified atom stereocenters. The third kappa shape index (κ3) is 1.94. The van der Waals surface area contributed by atoms with E-state index in [0.717, 1.165) is 12.4 Å². The second kappa shape index (κ2) is 4.10. The summed E-state index contributed by atoms with van der Waals surface area (Å²) >= 11 is 0. The Hall–Kier alpha value is -1.02. The maximum atomic E-state index is 5.88. The van der Waals surface area contributed by atoms with Gasteiger partial charge in [-0.3, -0.25) is 0 Å². The van der Waals surface area contributed by atoms with Crippen LogP contribution in [0.2, 0.25) is 0 Å². The van der Waals surface area contributed by atoms with Crippen LogP contribution in [0.4, 0.5) is 0 Å². The Morgan fingerprint density at radius 1 is 0.938 bits per heavy atom. The summed E-state index contributed by atoms with van der Waals surface area (Å²) in [6.07, 6.45) is 0.320. The van der Waals surface area contributed by atoms with Crippen LogP contribution in [0.5, 0.6) is 5.75 Å². The highest BCUT2D eigenvalue weighted by molar-refractivity contribution is 5.53. The van der Waals surface area contributed by atoms with Gasteiger partial charge in [-0.2, -0.15) is 0 Å². The van der Waals surface area contributed by atoms with Crippen molar-refractivity contribution in [2.45, 2.75) is 40.7 Å². The lowest BCUT2D eigenvalue weighted by molar-refractivity contribution is 0.260. The molecule has 1 atom stereocenters. The highest BCUT2D eigenvalue weighted by Gasteiger charge is 2.24. The molecule has 2 heteroatoms. The molecule has 1 aromatic carbocycles. The van der Waals surface area contributed by atoms with Crippen LogP contribution in [0.25, 0.3) is 0 Å². The molecule has 2 nitrogen and oxygen atoms in total. The fourth-order valence-corrected chi connectivity index (χ4v) is 2.02. The standard InChI is InChI=1S/C14H20O2/c1-8-9(2)11(4)14(12(5)10(8)3)16-7-13-6-15-13/h13H,6-7H2,1-5H3. The highest BCUT2D eigenvalue weighted by atomic mass is 16.6. The van der Waals surface area contributed by atoms with Crippen LogP contribution in [0, 0.1) is 34.6 Å². The fraction of sp³-hybridized carbons (Fsp3) is 0.571. The summed E-state index contributed by atoms with van der Waals surface area (Å²) in [5, 5.41) is 0. The number of hydrogen-bond donors (Lipinski definition) is 0. The van der Waals surface area contributed by atoms with Crippen LogP contribution in [-0.2, 0) is 4.74 Å². The Kier molecular flexibility index (Phi) is 2.94. The first-order valence-corrected chi connectivity index (χ1v) is 5.83. The van der Waals surface area contributed by atoms with Gasteiger partial charge in [0.05, 0.1) is 6.61 Å². The molecule has 1 aromatic rings. The normalized spacial score (nSPS) is 18.7. The van der Waals surface area contributed by atoms with E-state index in [4.69, 9.17) is 9.47 Å². The molecule has 16 heavy (non-hydrogen) atoms. The molecular formula is C14H20O2. The second-order valence-electron chi connectivity index (χ2n) is 4.72. The molecule has 1 aliphatic heterocycles. The van der Waals surface area contributed by atoms with Crippen molar-refractivity contribution < 1.29 is 9.47 Å². The van der Waals surface area contributed by atoms with Crippen LogP contribution in [0.3, 0.4) is 0 Å². The summed E-state index contributed by atoms with van der Waals surface area (Å²) in [5.74, 6) is 1.05. The predicted molar refractivity (Wildman–Crippen MR) is 65.4 cm³/mol. The Labute approximate surface area is 97.6 Å². The van der Waals surface area contributed by atoms with Gasteiger partial charge in [0.25, 0.3) is 0 Å². The molecule has 0 aromatic heterocycles. The average molecular weight is 220 g/mol. The van der Waals surface area contributed by atoms with Gasteiger partial charge in [0, 0.05) is 0 Å². The summed E-state index contributed by atoms with van der Waals surface area (Å²) in [6.45, 7) is 12.3. The van der Waals surface area contributed by atoms with Crippen molar-refractivity contribution in [3.63, 3.8) is 0 Å². The third-order valence-electron chi connectivity index (χ3n) is 3.75. The minimum absolute atomic E-state index is 0.320. The van der Waals surface area contributed by atoms with E-state index < -0.39 is 0 Å². The van der Waals surface area contributed by atoms with E-state index in [1.165, 1.54) is 27.8 Å². The van der Waals surface area contributed by atoms with Crippen molar-refractivity contribution in [2.75, 3.05) is 13.2 Å². The Bertz CT molecular complexity index is 388. The lowest BCUT2D eigenvalue weighted by Crippen LogP contribution is -2.08. The Morgan fingerprint density at radius 3 is 1.81 bits per heavy atom. The zero-order valence-corrected chi connectivity index (χ0v) is 10.8. The van der Waals surface area contributed by atoms with Gasteiger partial charge in [0.15, 0.2) is 0 Å². The van der Waals surface area contributed by atoms with Crippen LogP contribution in [-0.4, -0.2) is 19.3 Å². The van der Waals surface area contributed by atoms with Gasteiger partial charge < -0.3 is 9.47 Å². The molecule has 1 saturated heterocycles. The van der Waals surface area contributed by atoms with Crippen molar-refractivity contribution in [1.82, 2.24) is 0 Å². The molecule has 0 spiro atoms. The van der Waals surface area contributed by atoms with Crippen LogP contribution >= 0.6 is 0 Å². The largest absolute Gasteiger partial charge is 0.490 e. The maximum Gasteiger partial charge on any atom is 0.125 e. The molecular weight excluding hydrogens is 200 g/mol. The molecule has 0 bridgehead atoms. The van der Waals surface area contributed by atoms with Crippen molar-refractivity contribution in [3.05, 3.63) is 27.8 Å². The molecule has 0 aliphatic carbocycles. The van der Waals surface area contributed by atoms with Gasteiger partial charge in [0.1, 0.15) is 18.5 Å². The van der Waals surface area contributed by atoms with E-state index >= 15 is 0 Å². The summed E-state index contributed by atoms with van der Waals surface area (Å²) in [4.78, 5) is 0. The topological polar surface area (TPSA) is 21.8 Å². The van der Waals surface area contributed by atoms with Gasteiger partial charge in [-0.25, -0.2) is 0 Å². The van der Waals surface area contributed by atoms with E-state index in [2.05, 4.69) is 34.6 Å². The third-order valence-corrected chi connectivity index (χ3v) is 3.75. The maximum absolute atomic E-state index is 5.88. The number of rotatable bonds is 3. The zero-order chi connectivity index (χ0) is 11.9. The quantitative estimate of drug-likeness (QED) is 0.730. The first-order chi connectivity index (χ1) is 7.52. The van der Waals surface area contributed by atoms with Gasteiger partial charge in [-0.15, -0.1) is 0 Å². The predicted octanol–water partition coefficient (Wildman–Crippen LogP) is 3.01. The van der Waals surface area contributed by atoms with Crippen LogP contribution in [0.1, 0.15) is 27.8 Å². The summed E-state index contributed by atoms with van der Waals surface area (Å²) in [7, 11) is 0. The SMILES string of the molecule is Cc1c(C)c(C)c(OCC2CO2)c(C)c1C.